The zero-order valence-electron chi connectivity index (χ0n) is 12.5. The maximum absolute atomic E-state index is 9.13. The summed E-state index contributed by atoms with van der Waals surface area (Å²) in [6, 6.07) is 12.0. The highest BCUT2D eigenvalue weighted by atomic mass is 16.6. The molecule has 0 fully saturated rings. The first kappa shape index (κ1) is 14.7. The molecule has 24 heavy (non-hydrogen) atoms. The molecule has 0 radical (unpaired) electrons. The molecule has 2 N–H and O–H groups in total. The molecule has 0 unspecified atom stereocenters. The number of benzene rings is 2. The summed E-state index contributed by atoms with van der Waals surface area (Å²) in [5.41, 5.74) is 1.75. The molecule has 0 saturated heterocycles. The van der Waals surface area contributed by atoms with Crippen molar-refractivity contribution in [1.29, 1.82) is 0 Å². The van der Waals surface area contributed by atoms with Crippen LogP contribution in [0.15, 0.2) is 46.9 Å². The van der Waals surface area contributed by atoms with Crippen molar-refractivity contribution in [2.45, 2.75) is 0 Å². The molecule has 0 bridgehead atoms. The minimum Gasteiger partial charge on any atom is -0.486 e. The van der Waals surface area contributed by atoms with Gasteiger partial charge < -0.3 is 23.9 Å². The van der Waals surface area contributed by atoms with E-state index in [4.69, 9.17) is 23.9 Å². The standard InChI is InChI=1S/C16H13BN2O5/c20-17(21)11-6-4-10(5-7-11)15-18-19-16(24-15)12-2-1-3-13-14(12)23-9-8-22-13/h1-7,20-21H,8-9H2. The molecule has 1 aromatic heterocycles. The smallest absolute Gasteiger partial charge is 0.486 e. The van der Waals surface area contributed by atoms with E-state index in [-0.39, 0.29) is 0 Å². The summed E-state index contributed by atoms with van der Waals surface area (Å²) < 4.78 is 16.9. The number of rotatable bonds is 3. The molecule has 0 atom stereocenters. The van der Waals surface area contributed by atoms with Crippen molar-refractivity contribution >= 4 is 12.6 Å². The van der Waals surface area contributed by atoms with Gasteiger partial charge >= 0.3 is 7.12 Å². The third kappa shape index (κ3) is 2.62. The predicted molar refractivity (Wildman–Crippen MR) is 86.0 cm³/mol. The third-order valence-electron chi connectivity index (χ3n) is 3.68. The normalized spacial score (nSPS) is 12.9. The van der Waals surface area contributed by atoms with Gasteiger partial charge in [0, 0.05) is 5.56 Å². The van der Waals surface area contributed by atoms with Crippen LogP contribution in [0.25, 0.3) is 22.9 Å². The number of nitrogens with zero attached hydrogens (tertiary/aromatic N) is 2. The number of hydrogen-bond acceptors (Lipinski definition) is 7. The van der Waals surface area contributed by atoms with Gasteiger partial charge in [-0.25, -0.2) is 0 Å². The van der Waals surface area contributed by atoms with Crippen LogP contribution >= 0.6 is 0 Å². The van der Waals surface area contributed by atoms with Gasteiger partial charge in [0.15, 0.2) is 11.5 Å². The van der Waals surface area contributed by atoms with Crippen LogP contribution in [-0.4, -0.2) is 40.6 Å². The Morgan fingerprint density at radius 1 is 0.875 bits per heavy atom. The molecule has 1 aliphatic heterocycles. The molecular formula is C16H13BN2O5. The number of fused-ring (bicyclic) bond motifs is 1. The monoisotopic (exact) mass is 324 g/mol. The van der Waals surface area contributed by atoms with Crippen molar-refractivity contribution < 1.29 is 23.9 Å². The molecule has 120 valence electrons. The zero-order valence-corrected chi connectivity index (χ0v) is 12.5. The van der Waals surface area contributed by atoms with Crippen LogP contribution in [0.3, 0.4) is 0 Å². The van der Waals surface area contributed by atoms with E-state index < -0.39 is 7.12 Å². The van der Waals surface area contributed by atoms with Crippen molar-refractivity contribution in [3.05, 3.63) is 42.5 Å². The van der Waals surface area contributed by atoms with Crippen LogP contribution in [0.4, 0.5) is 0 Å². The fraction of sp³-hybridized carbons (Fsp3) is 0.125. The molecule has 0 aliphatic carbocycles. The van der Waals surface area contributed by atoms with Crippen molar-refractivity contribution in [3.63, 3.8) is 0 Å². The molecule has 0 amide bonds. The van der Waals surface area contributed by atoms with Gasteiger partial charge in [-0.05, 0) is 29.7 Å². The van der Waals surface area contributed by atoms with Crippen LogP contribution in [0, 0.1) is 0 Å². The van der Waals surface area contributed by atoms with Crippen molar-refractivity contribution in [1.82, 2.24) is 10.2 Å². The fourth-order valence-corrected chi connectivity index (χ4v) is 2.49. The molecule has 0 spiro atoms. The Labute approximate surface area is 137 Å². The molecule has 2 aromatic carbocycles. The lowest BCUT2D eigenvalue weighted by atomic mass is 9.80. The first-order chi connectivity index (χ1) is 11.7. The topological polar surface area (TPSA) is 97.8 Å². The van der Waals surface area contributed by atoms with Crippen molar-refractivity contribution in [2.24, 2.45) is 0 Å². The van der Waals surface area contributed by atoms with Gasteiger partial charge in [0.25, 0.3) is 5.89 Å². The Morgan fingerprint density at radius 3 is 2.42 bits per heavy atom. The third-order valence-corrected chi connectivity index (χ3v) is 3.68. The average Bonchev–Trinajstić information content (AvgIpc) is 3.11. The molecule has 8 heteroatoms. The van der Waals surface area contributed by atoms with E-state index in [1.54, 1.807) is 24.3 Å². The Hall–Kier alpha value is -2.84. The minimum absolute atomic E-state index is 0.332. The van der Waals surface area contributed by atoms with Gasteiger partial charge in [0.05, 0.1) is 5.56 Å². The highest BCUT2D eigenvalue weighted by Gasteiger charge is 2.21. The van der Waals surface area contributed by atoms with Crippen LogP contribution in [0.5, 0.6) is 11.5 Å². The lowest BCUT2D eigenvalue weighted by molar-refractivity contribution is 0.172. The lowest BCUT2D eigenvalue weighted by Gasteiger charge is -2.19. The Kier molecular flexibility index (Phi) is 3.68. The maximum Gasteiger partial charge on any atom is 0.488 e. The summed E-state index contributed by atoms with van der Waals surface area (Å²) in [5, 5.41) is 26.4. The second kappa shape index (κ2) is 5.99. The van der Waals surface area contributed by atoms with Gasteiger partial charge in [-0.15, -0.1) is 10.2 Å². The van der Waals surface area contributed by atoms with Crippen molar-refractivity contribution in [3.8, 4) is 34.4 Å². The molecular weight excluding hydrogens is 311 g/mol. The molecule has 0 saturated carbocycles. The number of aromatic nitrogens is 2. The fourth-order valence-electron chi connectivity index (χ4n) is 2.49. The van der Waals surface area contributed by atoms with Gasteiger partial charge in [-0.3, -0.25) is 0 Å². The van der Waals surface area contributed by atoms with Crippen LogP contribution in [0.2, 0.25) is 0 Å². The van der Waals surface area contributed by atoms with E-state index in [0.717, 1.165) is 0 Å². The number of ether oxygens (including phenoxy) is 2. The minimum atomic E-state index is -1.51. The van der Waals surface area contributed by atoms with Crippen LogP contribution in [-0.2, 0) is 0 Å². The van der Waals surface area contributed by atoms with E-state index in [0.29, 0.717) is 53.1 Å². The largest absolute Gasteiger partial charge is 0.488 e. The molecule has 7 nitrogen and oxygen atoms in total. The summed E-state index contributed by atoms with van der Waals surface area (Å²) in [6.07, 6.45) is 0. The lowest BCUT2D eigenvalue weighted by Crippen LogP contribution is -2.29. The zero-order chi connectivity index (χ0) is 16.5. The summed E-state index contributed by atoms with van der Waals surface area (Å²) in [4.78, 5) is 0. The molecule has 1 aliphatic rings. The maximum atomic E-state index is 9.13. The number of para-hydroxylation sites is 1. The molecule has 4 rings (SSSR count). The van der Waals surface area contributed by atoms with Gasteiger partial charge in [-0.1, -0.05) is 18.2 Å². The SMILES string of the molecule is OB(O)c1ccc(-c2nnc(-c3cccc4c3OCCO4)o2)cc1. The number of hydrogen-bond donors (Lipinski definition) is 2. The average molecular weight is 324 g/mol. The van der Waals surface area contributed by atoms with Gasteiger partial charge in [0.1, 0.15) is 13.2 Å². The first-order valence-electron chi connectivity index (χ1n) is 7.41. The highest BCUT2D eigenvalue weighted by molar-refractivity contribution is 6.58. The van der Waals surface area contributed by atoms with E-state index in [9.17, 15) is 0 Å². The second-order valence-electron chi connectivity index (χ2n) is 5.24. The Balaban J connectivity index is 1.68. The Morgan fingerprint density at radius 2 is 1.62 bits per heavy atom. The van der Waals surface area contributed by atoms with Crippen molar-refractivity contribution in [2.75, 3.05) is 13.2 Å². The highest BCUT2D eigenvalue weighted by Crippen LogP contribution is 2.39. The second-order valence-corrected chi connectivity index (χ2v) is 5.24. The summed E-state index contributed by atoms with van der Waals surface area (Å²) in [7, 11) is -1.51. The van der Waals surface area contributed by atoms with E-state index in [1.807, 2.05) is 18.2 Å². The first-order valence-corrected chi connectivity index (χ1v) is 7.41. The van der Waals surface area contributed by atoms with Gasteiger partial charge in [0.2, 0.25) is 5.89 Å². The molecule has 2 heterocycles. The Bertz CT molecular complexity index is 863. The summed E-state index contributed by atoms with van der Waals surface area (Å²) >= 11 is 0. The van der Waals surface area contributed by atoms with Crippen LogP contribution in [0.1, 0.15) is 0 Å². The molecule has 3 aromatic rings. The van der Waals surface area contributed by atoms with Gasteiger partial charge in [-0.2, -0.15) is 0 Å². The summed E-state index contributed by atoms with van der Waals surface area (Å²) in [5.74, 6) is 1.91. The predicted octanol–water partition coefficient (Wildman–Crippen LogP) is 0.855. The van der Waals surface area contributed by atoms with E-state index >= 15 is 0 Å². The van der Waals surface area contributed by atoms with E-state index in [1.165, 1.54) is 0 Å². The van der Waals surface area contributed by atoms with Crippen LogP contribution < -0.4 is 14.9 Å². The van der Waals surface area contributed by atoms with E-state index in [2.05, 4.69) is 10.2 Å². The quantitative estimate of drug-likeness (QED) is 0.689. The summed E-state index contributed by atoms with van der Waals surface area (Å²) in [6.45, 7) is 0.977.